The summed E-state index contributed by atoms with van der Waals surface area (Å²) >= 11 is 1.43. The lowest BCUT2D eigenvalue weighted by atomic mass is 10.1. The minimum Gasteiger partial charge on any atom is -0.308 e. The van der Waals surface area contributed by atoms with Gasteiger partial charge in [0, 0.05) is 55.0 Å². The molecule has 288 valence electrons. The minimum atomic E-state index is -4.62. The van der Waals surface area contributed by atoms with Crippen molar-refractivity contribution in [1.82, 2.24) is 25.5 Å². The average Bonchev–Trinajstić information content (AvgIpc) is 3.71. The molecule has 2 aliphatic rings. The Balaban J connectivity index is 0.935. The van der Waals surface area contributed by atoms with Crippen molar-refractivity contribution in [1.29, 1.82) is 0 Å². The number of benzene rings is 3. The fraction of sp³-hybridized carbons (Fsp3) is 0.257. The fourth-order valence-electron chi connectivity index (χ4n) is 5.79. The van der Waals surface area contributed by atoms with Crippen molar-refractivity contribution in [2.75, 3.05) is 48.3 Å². The van der Waals surface area contributed by atoms with Crippen LogP contribution in [-0.2, 0) is 28.5 Å². The topological polar surface area (TPSA) is 151 Å². The van der Waals surface area contributed by atoms with Gasteiger partial charge in [-0.1, -0.05) is 12.1 Å². The van der Waals surface area contributed by atoms with Crippen LogP contribution in [0.4, 0.5) is 53.0 Å². The van der Waals surface area contributed by atoms with Crippen molar-refractivity contribution in [3.8, 4) is 10.6 Å². The van der Waals surface area contributed by atoms with E-state index in [1.165, 1.54) is 29.5 Å². The van der Waals surface area contributed by atoms with Gasteiger partial charge in [-0.3, -0.25) is 29.6 Å². The van der Waals surface area contributed by atoms with Crippen LogP contribution in [0, 0.1) is 0 Å². The monoisotopic (exact) mass is 787 g/mol. The van der Waals surface area contributed by atoms with Gasteiger partial charge in [0.15, 0.2) is 6.04 Å². The molecule has 4 aromatic rings. The fourth-order valence-corrected chi connectivity index (χ4v) is 6.61. The molecule has 0 aliphatic carbocycles. The van der Waals surface area contributed by atoms with Gasteiger partial charge in [-0.2, -0.15) is 31.4 Å². The van der Waals surface area contributed by atoms with Gasteiger partial charge < -0.3 is 10.6 Å². The van der Waals surface area contributed by atoms with E-state index in [0.29, 0.717) is 38.4 Å². The quantitative estimate of drug-likeness (QED) is 0.0683. The van der Waals surface area contributed by atoms with Crippen molar-refractivity contribution >= 4 is 58.5 Å². The van der Waals surface area contributed by atoms with Gasteiger partial charge in [-0.25, -0.2) is 20.0 Å². The van der Waals surface area contributed by atoms with Crippen molar-refractivity contribution in [2.45, 2.75) is 24.9 Å². The molecule has 1 atom stereocenters. The molecule has 0 spiro atoms. The van der Waals surface area contributed by atoms with Gasteiger partial charge in [0.1, 0.15) is 5.01 Å². The summed E-state index contributed by atoms with van der Waals surface area (Å²) in [6, 6.07) is 12.2. The molecular weight excluding hydrogens is 756 g/mol. The molecule has 13 nitrogen and oxygen atoms in total. The Labute approximate surface area is 313 Å². The van der Waals surface area contributed by atoms with Crippen molar-refractivity contribution in [3.63, 3.8) is 0 Å². The van der Waals surface area contributed by atoms with Gasteiger partial charge >= 0.3 is 24.4 Å². The first kappa shape index (κ1) is 38.9. The zero-order valence-corrected chi connectivity index (χ0v) is 29.3. The average molecular weight is 788 g/mol. The smallest absolute Gasteiger partial charge is 0.308 e. The zero-order chi connectivity index (χ0) is 39.3. The van der Waals surface area contributed by atoms with Crippen LogP contribution in [0.1, 0.15) is 16.8 Å². The number of piperazine rings is 1. The predicted octanol–water partition coefficient (Wildman–Crippen LogP) is 5.84. The summed E-state index contributed by atoms with van der Waals surface area (Å²) in [6.07, 6.45) is -8.16. The number of imide groups is 1. The molecule has 0 saturated carbocycles. The first-order chi connectivity index (χ1) is 26.1. The summed E-state index contributed by atoms with van der Waals surface area (Å²) in [4.78, 5) is 59.4. The van der Waals surface area contributed by atoms with E-state index in [4.69, 9.17) is 4.98 Å². The van der Waals surface area contributed by atoms with Crippen LogP contribution in [-0.4, -0.2) is 83.6 Å². The SMILES string of the molecule is O=C(CN1CCN(Cc2csc(-c3ccc(NC(=O)Nc4ccccc4C(F)(F)F)cc3)n2)CC1)N/N=C/C1C(=O)NC(=O)N1c1ccc(C(F)(F)F)cc1. The summed E-state index contributed by atoms with van der Waals surface area (Å²) in [7, 11) is 0. The number of hydrogen-bond donors (Lipinski definition) is 4. The van der Waals surface area contributed by atoms with E-state index < -0.39 is 53.4 Å². The molecule has 6 amide bonds. The third-order valence-corrected chi connectivity index (χ3v) is 9.45. The van der Waals surface area contributed by atoms with Gasteiger partial charge in [-0.15, -0.1) is 11.3 Å². The van der Waals surface area contributed by atoms with Crippen LogP contribution >= 0.6 is 11.3 Å². The maximum atomic E-state index is 13.2. The second-order valence-corrected chi connectivity index (χ2v) is 13.2. The number of nitrogens with one attached hydrogen (secondary N) is 4. The Morgan fingerprint density at radius 3 is 2.22 bits per heavy atom. The van der Waals surface area contributed by atoms with Crippen LogP contribution in [0.3, 0.4) is 0 Å². The Hall–Kier alpha value is -5.86. The van der Waals surface area contributed by atoms with Gasteiger partial charge in [0.05, 0.1) is 35.3 Å². The zero-order valence-electron chi connectivity index (χ0n) is 28.4. The number of halogens is 6. The molecule has 55 heavy (non-hydrogen) atoms. The van der Waals surface area contributed by atoms with Crippen molar-refractivity contribution < 1.29 is 45.5 Å². The van der Waals surface area contributed by atoms with Crippen LogP contribution in [0.2, 0.25) is 0 Å². The first-order valence-corrected chi connectivity index (χ1v) is 17.4. The highest BCUT2D eigenvalue weighted by molar-refractivity contribution is 7.13. The molecule has 2 aliphatic heterocycles. The molecule has 2 fully saturated rings. The number of carbonyl (C=O) groups excluding carboxylic acids is 4. The van der Waals surface area contributed by atoms with Crippen molar-refractivity contribution in [2.24, 2.45) is 5.10 Å². The molecule has 6 rings (SSSR count). The molecule has 1 unspecified atom stereocenters. The van der Waals surface area contributed by atoms with Crippen LogP contribution in [0.5, 0.6) is 0 Å². The molecule has 3 heterocycles. The number of nitrogens with zero attached hydrogens (tertiary/aromatic N) is 5. The van der Waals surface area contributed by atoms with Gasteiger partial charge in [-0.05, 0) is 60.7 Å². The van der Waals surface area contributed by atoms with Gasteiger partial charge in [0.25, 0.3) is 11.8 Å². The highest BCUT2D eigenvalue weighted by Crippen LogP contribution is 2.35. The number of hydrazone groups is 1. The van der Waals surface area contributed by atoms with Gasteiger partial charge in [0.2, 0.25) is 0 Å². The van der Waals surface area contributed by atoms with E-state index in [0.717, 1.165) is 57.7 Å². The number of aromatic nitrogens is 1. The molecule has 3 aromatic carbocycles. The Morgan fingerprint density at radius 2 is 1.55 bits per heavy atom. The molecule has 20 heteroatoms. The number of urea groups is 2. The highest BCUT2D eigenvalue weighted by Gasteiger charge is 2.39. The number of para-hydroxylation sites is 1. The lowest BCUT2D eigenvalue weighted by molar-refractivity contribution is -0.138. The maximum Gasteiger partial charge on any atom is 0.418 e. The van der Waals surface area contributed by atoms with E-state index in [2.05, 4.69) is 31.4 Å². The summed E-state index contributed by atoms with van der Waals surface area (Å²) in [5, 5.41) is 13.3. The normalized spacial score (nSPS) is 17.1. The molecule has 0 bridgehead atoms. The number of thiazole rings is 1. The molecule has 0 radical (unpaired) electrons. The number of carbonyl (C=O) groups is 4. The highest BCUT2D eigenvalue weighted by atomic mass is 32.1. The number of alkyl halides is 6. The third kappa shape index (κ3) is 9.82. The number of hydrogen-bond acceptors (Lipinski definition) is 9. The molecule has 4 N–H and O–H groups in total. The van der Waals surface area contributed by atoms with E-state index >= 15 is 0 Å². The number of rotatable bonds is 10. The first-order valence-electron chi connectivity index (χ1n) is 16.5. The predicted molar refractivity (Wildman–Crippen MR) is 191 cm³/mol. The Morgan fingerprint density at radius 1 is 0.873 bits per heavy atom. The Bertz CT molecular complexity index is 2070. The molecule has 1 aromatic heterocycles. The second kappa shape index (κ2) is 16.2. The summed E-state index contributed by atoms with van der Waals surface area (Å²) < 4.78 is 78.6. The summed E-state index contributed by atoms with van der Waals surface area (Å²) in [5.74, 6) is -1.22. The number of amides is 6. The Kier molecular flexibility index (Phi) is 11.5. The van der Waals surface area contributed by atoms with E-state index in [1.807, 2.05) is 10.3 Å². The number of anilines is 3. The summed E-state index contributed by atoms with van der Waals surface area (Å²) in [6.45, 7) is 3.01. The standard InChI is InChI=1S/C35H31F6N9O4S/c36-34(37,38)22-7-11-25(12-8-22)50-28(30(52)46-33(50)54)17-42-47-29(51)19-49-15-13-48(14-16-49)18-24-20-55-31(43-24)21-5-9-23(10-6-21)44-32(53)45-27-4-2-1-3-26(27)35(39,40)41/h1-12,17,20,28H,13-16,18-19H2,(H,47,51)(H2,44,45,53)(H,46,52,54)/b42-17+. The van der Waals surface area contributed by atoms with E-state index in [9.17, 15) is 45.5 Å². The largest absolute Gasteiger partial charge is 0.418 e. The lowest BCUT2D eigenvalue weighted by Crippen LogP contribution is -2.48. The maximum absolute atomic E-state index is 13.2. The molecule has 2 saturated heterocycles. The second-order valence-electron chi connectivity index (χ2n) is 12.4. The molecular formula is C35H31F6N9O4S. The van der Waals surface area contributed by atoms with Crippen molar-refractivity contribution in [3.05, 3.63) is 95.0 Å². The van der Waals surface area contributed by atoms with E-state index in [-0.39, 0.29) is 17.9 Å². The van der Waals surface area contributed by atoms with Crippen LogP contribution in [0.25, 0.3) is 10.6 Å². The van der Waals surface area contributed by atoms with Crippen LogP contribution < -0.4 is 26.3 Å². The summed E-state index contributed by atoms with van der Waals surface area (Å²) in [5.41, 5.74) is 2.14. The lowest BCUT2D eigenvalue weighted by Gasteiger charge is -2.33. The van der Waals surface area contributed by atoms with Crippen LogP contribution in [0.15, 0.2) is 83.3 Å². The third-order valence-electron chi connectivity index (χ3n) is 8.51. The minimum absolute atomic E-state index is 0.0117. The van der Waals surface area contributed by atoms with E-state index in [1.54, 1.807) is 24.3 Å².